The second-order valence-electron chi connectivity index (χ2n) is 4.37. The number of hydrogen-bond donors (Lipinski definition) is 2. The number of nitrogens with one attached hydrogen (secondary N) is 2. The van der Waals surface area contributed by atoms with Crippen LogP contribution in [0, 0.1) is 5.92 Å². The van der Waals surface area contributed by atoms with Crippen LogP contribution in [0.5, 0.6) is 0 Å². The molecular weight excluding hydrogens is 224 g/mol. The zero-order chi connectivity index (χ0) is 13.0. The van der Waals surface area contributed by atoms with Gasteiger partial charge in [-0.1, -0.05) is 20.4 Å². The van der Waals surface area contributed by atoms with Crippen LogP contribution in [-0.2, 0) is 0 Å². The standard InChI is InChI=1S/C14H18N4/c1-4-10(2)7-16-14-13(5-6-15-14)11(3)12-8-17-18-9-12/h5-10,15H,3-4H2,1-2H3,(H,17,18). The molecule has 18 heavy (non-hydrogen) atoms. The summed E-state index contributed by atoms with van der Waals surface area (Å²) in [6, 6.07) is 1.98. The molecule has 0 aliphatic rings. The number of aromatic nitrogens is 3. The lowest BCUT2D eigenvalue weighted by atomic mass is 10.1. The molecule has 2 aromatic heterocycles. The van der Waals surface area contributed by atoms with Crippen molar-refractivity contribution in [3.63, 3.8) is 0 Å². The van der Waals surface area contributed by atoms with Crippen LogP contribution in [0.15, 0.2) is 36.2 Å². The summed E-state index contributed by atoms with van der Waals surface area (Å²) in [7, 11) is 0. The Morgan fingerprint density at radius 1 is 1.61 bits per heavy atom. The fourth-order valence-electron chi connectivity index (χ4n) is 1.59. The van der Waals surface area contributed by atoms with E-state index in [2.05, 4.69) is 40.6 Å². The third kappa shape index (κ3) is 2.59. The molecule has 0 saturated carbocycles. The van der Waals surface area contributed by atoms with Crippen molar-refractivity contribution in [3.05, 3.63) is 42.4 Å². The van der Waals surface area contributed by atoms with E-state index >= 15 is 0 Å². The summed E-state index contributed by atoms with van der Waals surface area (Å²) in [6.45, 7) is 8.39. The lowest BCUT2D eigenvalue weighted by molar-refractivity contribution is 0.754. The Kier molecular flexibility index (Phi) is 3.77. The van der Waals surface area contributed by atoms with Gasteiger partial charge < -0.3 is 4.98 Å². The maximum atomic E-state index is 4.50. The highest BCUT2D eigenvalue weighted by Crippen LogP contribution is 2.28. The van der Waals surface area contributed by atoms with Gasteiger partial charge in [0.25, 0.3) is 0 Å². The first-order valence-corrected chi connectivity index (χ1v) is 6.12. The zero-order valence-corrected chi connectivity index (χ0v) is 10.8. The highest BCUT2D eigenvalue weighted by atomic mass is 15.1. The summed E-state index contributed by atoms with van der Waals surface area (Å²) < 4.78 is 0. The molecule has 4 heteroatoms. The number of aromatic amines is 2. The molecule has 94 valence electrons. The van der Waals surface area contributed by atoms with E-state index in [0.717, 1.165) is 28.9 Å². The minimum Gasteiger partial charge on any atom is -0.346 e. The lowest BCUT2D eigenvalue weighted by Crippen LogP contribution is -1.92. The van der Waals surface area contributed by atoms with Crippen LogP contribution in [0.2, 0.25) is 0 Å². The quantitative estimate of drug-likeness (QED) is 0.774. The van der Waals surface area contributed by atoms with Crippen molar-refractivity contribution in [1.82, 2.24) is 15.2 Å². The maximum Gasteiger partial charge on any atom is 0.137 e. The molecule has 2 rings (SSSR count). The van der Waals surface area contributed by atoms with E-state index in [-0.39, 0.29) is 0 Å². The topological polar surface area (TPSA) is 56.8 Å². The van der Waals surface area contributed by atoms with Crippen molar-refractivity contribution in [2.75, 3.05) is 0 Å². The van der Waals surface area contributed by atoms with Gasteiger partial charge in [0, 0.05) is 29.7 Å². The van der Waals surface area contributed by atoms with Crippen molar-refractivity contribution in [1.29, 1.82) is 0 Å². The Labute approximate surface area is 107 Å². The average Bonchev–Trinajstić information content (AvgIpc) is 3.05. The predicted octanol–water partition coefficient (Wildman–Crippen LogP) is 3.55. The summed E-state index contributed by atoms with van der Waals surface area (Å²) in [5, 5.41) is 6.73. The van der Waals surface area contributed by atoms with Gasteiger partial charge in [0.15, 0.2) is 0 Å². The fourth-order valence-corrected chi connectivity index (χ4v) is 1.59. The SMILES string of the molecule is C=C(c1cn[nH]c1)c1cc[nH]c1N=CC(C)CC. The van der Waals surface area contributed by atoms with Gasteiger partial charge in [-0.25, -0.2) is 4.99 Å². The first-order chi connectivity index (χ1) is 8.72. The molecule has 1 unspecified atom stereocenters. The van der Waals surface area contributed by atoms with Crippen LogP contribution < -0.4 is 0 Å². The summed E-state index contributed by atoms with van der Waals surface area (Å²) in [5.74, 6) is 1.32. The number of aliphatic imine (C=N–C) groups is 1. The molecule has 0 amide bonds. The van der Waals surface area contributed by atoms with E-state index in [9.17, 15) is 0 Å². The highest BCUT2D eigenvalue weighted by Gasteiger charge is 2.09. The maximum absolute atomic E-state index is 4.50. The average molecular weight is 242 g/mol. The molecule has 0 aliphatic carbocycles. The Hall–Kier alpha value is -2.10. The highest BCUT2D eigenvalue weighted by molar-refractivity contribution is 5.83. The van der Waals surface area contributed by atoms with Crippen molar-refractivity contribution >= 4 is 17.6 Å². The number of nitrogens with zero attached hydrogens (tertiary/aromatic N) is 2. The second-order valence-corrected chi connectivity index (χ2v) is 4.37. The summed E-state index contributed by atoms with van der Waals surface area (Å²) >= 11 is 0. The van der Waals surface area contributed by atoms with E-state index in [1.807, 2.05) is 24.7 Å². The van der Waals surface area contributed by atoms with Gasteiger partial charge in [0.2, 0.25) is 0 Å². The predicted molar refractivity (Wildman–Crippen MR) is 75.1 cm³/mol. The number of rotatable bonds is 5. The zero-order valence-electron chi connectivity index (χ0n) is 10.8. The summed E-state index contributed by atoms with van der Waals surface area (Å²) in [5.41, 5.74) is 2.91. The van der Waals surface area contributed by atoms with E-state index < -0.39 is 0 Å². The second kappa shape index (κ2) is 5.49. The van der Waals surface area contributed by atoms with Crippen molar-refractivity contribution in [2.45, 2.75) is 20.3 Å². The molecule has 0 bridgehead atoms. The third-order valence-electron chi connectivity index (χ3n) is 3.00. The Balaban J connectivity index is 2.23. The summed E-state index contributed by atoms with van der Waals surface area (Å²) in [4.78, 5) is 7.63. The van der Waals surface area contributed by atoms with Gasteiger partial charge >= 0.3 is 0 Å². The van der Waals surface area contributed by atoms with Crippen LogP contribution in [0.4, 0.5) is 5.82 Å². The monoisotopic (exact) mass is 242 g/mol. The van der Waals surface area contributed by atoms with Crippen LogP contribution in [0.1, 0.15) is 31.4 Å². The molecule has 2 aromatic rings. The van der Waals surface area contributed by atoms with E-state index in [1.54, 1.807) is 6.20 Å². The molecule has 4 nitrogen and oxygen atoms in total. The molecule has 1 atom stereocenters. The minimum atomic E-state index is 0.475. The fraction of sp³-hybridized carbons (Fsp3) is 0.286. The van der Waals surface area contributed by atoms with Gasteiger partial charge in [-0.3, -0.25) is 5.10 Å². The molecule has 0 radical (unpaired) electrons. The lowest BCUT2D eigenvalue weighted by Gasteiger charge is -2.03. The molecule has 0 aliphatic heterocycles. The Morgan fingerprint density at radius 2 is 2.44 bits per heavy atom. The molecule has 0 spiro atoms. The first-order valence-electron chi connectivity index (χ1n) is 6.12. The van der Waals surface area contributed by atoms with Gasteiger partial charge in [-0.2, -0.15) is 5.10 Å². The van der Waals surface area contributed by atoms with Gasteiger partial charge in [0.05, 0.1) is 6.20 Å². The molecule has 2 heterocycles. The van der Waals surface area contributed by atoms with Gasteiger partial charge in [0.1, 0.15) is 5.82 Å². The number of hydrogen-bond acceptors (Lipinski definition) is 2. The summed E-state index contributed by atoms with van der Waals surface area (Å²) in [6.07, 6.45) is 8.53. The molecule has 0 fully saturated rings. The molecular formula is C14H18N4. The largest absolute Gasteiger partial charge is 0.346 e. The Morgan fingerprint density at radius 3 is 3.11 bits per heavy atom. The first kappa shape index (κ1) is 12.4. The third-order valence-corrected chi connectivity index (χ3v) is 3.00. The van der Waals surface area contributed by atoms with E-state index in [4.69, 9.17) is 0 Å². The van der Waals surface area contributed by atoms with Crippen molar-refractivity contribution < 1.29 is 0 Å². The van der Waals surface area contributed by atoms with Crippen molar-refractivity contribution in [2.24, 2.45) is 10.9 Å². The van der Waals surface area contributed by atoms with Gasteiger partial charge in [-0.15, -0.1) is 0 Å². The molecule has 0 aromatic carbocycles. The smallest absolute Gasteiger partial charge is 0.137 e. The minimum absolute atomic E-state index is 0.475. The number of H-pyrrole nitrogens is 2. The van der Waals surface area contributed by atoms with Gasteiger partial charge in [-0.05, 0) is 24.0 Å². The van der Waals surface area contributed by atoms with Crippen LogP contribution in [0.25, 0.3) is 5.57 Å². The van der Waals surface area contributed by atoms with Crippen LogP contribution in [0.3, 0.4) is 0 Å². The molecule has 2 N–H and O–H groups in total. The van der Waals surface area contributed by atoms with Crippen LogP contribution in [-0.4, -0.2) is 21.4 Å². The van der Waals surface area contributed by atoms with Crippen LogP contribution >= 0.6 is 0 Å². The Bertz CT molecular complexity index is 534. The van der Waals surface area contributed by atoms with E-state index in [0.29, 0.717) is 5.92 Å². The van der Waals surface area contributed by atoms with E-state index in [1.165, 1.54) is 0 Å². The normalized spacial score (nSPS) is 13.0. The molecule has 0 saturated heterocycles. The van der Waals surface area contributed by atoms with Crippen molar-refractivity contribution in [3.8, 4) is 0 Å².